The molecule has 15 heavy (non-hydrogen) atoms. The second-order valence-corrected chi connectivity index (χ2v) is 5.25. The van der Waals surface area contributed by atoms with Crippen LogP contribution in [0.4, 0.5) is 0 Å². The summed E-state index contributed by atoms with van der Waals surface area (Å²) >= 11 is 0. The molecule has 2 fully saturated rings. The summed E-state index contributed by atoms with van der Waals surface area (Å²) in [5.74, 6) is 0. The van der Waals surface area contributed by atoms with Crippen molar-refractivity contribution in [1.29, 1.82) is 0 Å². The molecule has 0 aromatic rings. The highest BCUT2D eigenvalue weighted by Gasteiger charge is 2.29. The van der Waals surface area contributed by atoms with Gasteiger partial charge >= 0.3 is 0 Å². The van der Waals surface area contributed by atoms with Crippen LogP contribution >= 0.6 is 0 Å². The van der Waals surface area contributed by atoms with Crippen LogP contribution in [-0.2, 0) is 4.74 Å². The molecular formula is C12H24N2O. The normalized spacial score (nSPS) is 44.2. The first-order chi connectivity index (χ1) is 7.15. The predicted octanol–water partition coefficient (Wildman–Crippen LogP) is 1.24. The molecule has 0 amide bonds. The van der Waals surface area contributed by atoms with Crippen LogP contribution < -0.4 is 5.32 Å². The molecule has 0 saturated carbocycles. The van der Waals surface area contributed by atoms with E-state index in [9.17, 15) is 0 Å². The maximum Gasteiger partial charge on any atom is 0.0678 e. The van der Waals surface area contributed by atoms with E-state index in [1.165, 1.54) is 12.8 Å². The molecule has 0 radical (unpaired) electrons. The van der Waals surface area contributed by atoms with Gasteiger partial charge in [-0.25, -0.2) is 0 Å². The number of nitrogens with zero attached hydrogens (tertiary/aromatic N) is 1. The molecule has 2 saturated heterocycles. The molecule has 0 bridgehead atoms. The average molecular weight is 212 g/mol. The molecule has 2 aliphatic heterocycles. The van der Waals surface area contributed by atoms with Gasteiger partial charge < -0.3 is 10.1 Å². The standard InChI is InChI=1S/C12H24N2O/c1-9-4-5-12(6-13-9)14-7-10(2)15-11(3)8-14/h9-13H,4-8H2,1-3H3/t9?,10-,11+,12?. The Morgan fingerprint density at radius 3 is 2.27 bits per heavy atom. The third-order valence-corrected chi connectivity index (χ3v) is 3.60. The van der Waals surface area contributed by atoms with Crippen molar-refractivity contribution in [2.24, 2.45) is 0 Å². The summed E-state index contributed by atoms with van der Waals surface area (Å²) in [6, 6.07) is 1.44. The summed E-state index contributed by atoms with van der Waals surface area (Å²) in [6.45, 7) is 10.0. The van der Waals surface area contributed by atoms with Gasteiger partial charge in [0.05, 0.1) is 12.2 Å². The number of piperidine rings is 1. The molecule has 2 rings (SSSR count). The van der Waals surface area contributed by atoms with Gasteiger partial charge in [0, 0.05) is 31.7 Å². The zero-order chi connectivity index (χ0) is 10.8. The summed E-state index contributed by atoms with van der Waals surface area (Å²) in [5, 5.41) is 3.58. The Bertz CT molecular complexity index is 192. The van der Waals surface area contributed by atoms with E-state index >= 15 is 0 Å². The van der Waals surface area contributed by atoms with Crippen LogP contribution in [-0.4, -0.2) is 48.8 Å². The Hall–Kier alpha value is -0.120. The van der Waals surface area contributed by atoms with Gasteiger partial charge in [-0.2, -0.15) is 0 Å². The lowest BCUT2D eigenvalue weighted by molar-refractivity contribution is -0.0831. The van der Waals surface area contributed by atoms with Crippen molar-refractivity contribution >= 4 is 0 Å². The van der Waals surface area contributed by atoms with Gasteiger partial charge in [-0.05, 0) is 33.6 Å². The fourth-order valence-corrected chi connectivity index (χ4v) is 2.81. The first-order valence-electron chi connectivity index (χ1n) is 6.28. The van der Waals surface area contributed by atoms with E-state index in [0.717, 1.165) is 25.7 Å². The molecule has 4 atom stereocenters. The van der Waals surface area contributed by atoms with Crippen LogP contribution in [0.25, 0.3) is 0 Å². The van der Waals surface area contributed by atoms with E-state index in [2.05, 4.69) is 31.0 Å². The van der Waals surface area contributed by atoms with Crippen LogP contribution in [0.15, 0.2) is 0 Å². The first kappa shape index (κ1) is 11.4. The minimum absolute atomic E-state index is 0.396. The third-order valence-electron chi connectivity index (χ3n) is 3.60. The summed E-state index contributed by atoms with van der Waals surface area (Å²) < 4.78 is 5.77. The molecule has 0 spiro atoms. The molecule has 2 unspecified atom stereocenters. The predicted molar refractivity (Wildman–Crippen MR) is 62.1 cm³/mol. The lowest BCUT2D eigenvalue weighted by Crippen LogP contribution is -2.55. The molecule has 0 aromatic heterocycles. The highest BCUT2D eigenvalue weighted by atomic mass is 16.5. The quantitative estimate of drug-likeness (QED) is 0.707. The van der Waals surface area contributed by atoms with Crippen molar-refractivity contribution in [3.8, 4) is 0 Å². The van der Waals surface area contributed by atoms with E-state index in [-0.39, 0.29) is 0 Å². The topological polar surface area (TPSA) is 24.5 Å². The Morgan fingerprint density at radius 2 is 1.73 bits per heavy atom. The third kappa shape index (κ3) is 2.92. The molecule has 1 N–H and O–H groups in total. The maximum atomic E-state index is 5.77. The summed E-state index contributed by atoms with van der Waals surface area (Å²) in [4.78, 5) is 2.61. The molecule has 88 valence electrons. The van der Waals surface area contributed by atoms with E-state index < -0.39 is 0 Å². The van der Waals surface area contributed by atoms with Gasteiger partial charge in [-0.15, -0.1) is 0 Å². The Kier molecular flexibility index (Phi) is 3.65. The maximum absolute atomic E-state index is 5.77. The average Bonchev–Trinajstić information content (AvgIpc) is 2.17. The van der Waals surface area contributed by atoms with E-state index in [4.69, 9.17) is 4.74 Å². The van der Waals surface area contributed by atoms with Crippen molar-refractivity contribution in [1.82, 2.24) is 10.2 Å². The summed E-state index contributed by atoms with van der Waals surface area (Å²) in [7, 11) is 0. The molecule has 3 nitrogen and oxygen atoms in total. The van der Waals surface area contributed by atoms with Gasteiger partial charge in [0.2, 0.25) is 0 Å². The molecule has 0 aliphatic carbocycles. The van der Waals surface area contributed by atoms with E-state index in [0.29, 0.717) is 18.2 Å². The fourth-order valence-electron chi connectivity index (χ4n) is 2.81. The summed E-state index contributed by atoms with van der Waals surface area (Å²) in [6.07, 6.45) is 3.44. The minimum Gasteiger partial charge on any atom is -0.373 e. The molecule has 0 aromatic carbocycles. The lowest BCUT2D eigenvalue weighted by Gasteiger charge is -2.42. The second kappa shape index (κ2) is 4.81. The fraction of sp³-hybridized carbons (Fsp3) is 1.00. The largest absolute Gasteiger partial charge is 0.373 e. The zero-order valence-electron chi connectivity index (χ0n) is 10.2. The minimum atomic E-state index is 0.396. The molecule has 2 aliphatic rings. The van der Waals surface area contributed by atoms with Crippen molar-refractivity contribution in [2.45, 2.75) is 57.9 Å². The van der Waals surface area contributed by atoms with Gasteiger partial charge in [0.15, 0.2) is 0 Å². The van der Waals surface area contributed by atoms with Gasteiger partial charge in [0.1, 0.15) is 0 Å². The SMILES string of the molecule is CC1CCC(N2C[C@@H](C)O[C@@H](C)C2)CN1. The van der Waals surface area contributed by atoms with Crippen molar-refractivity contribution in [3.05, 3.63) is 0 Å². The zero-order valence-corrected chi connectivity index (χ0v) is 10.2. The number of hydrogen-bond acceptors (Lipinski definition) is 3. The Labute approximate surface area is 93.2 Å². The van der Waals surface area contributed by atoms with Crippen LogP contribution in [0.5, 0.6) is 0 Å². The lowest BCUT2D eigenvalue weighted by atomic mass is 9.99. The van der Waals surface area contributed by atoms with E-state index in [1.54, 1.807) is 0 Å². The van der Waals surface area contributed by atoms with Crippen molar-refractivity contribution in [3.63, 3.8) is 0 Å². The smallest absolute Gasteiger partial charge is 0.0678 e. The van der Waals surface area contributed by atoms with Crippen molar-refractivity contribution < 1.29 is 4.74 Å². The van der Waals surface area contributed by atoms with Crippen LogP contribution in [0, 0.1) is 0 Å². The highest BCUT2D eigenvalue weighted by Crippen LogP contribution is 2.19. The second-order valence-electron chi connectivity index (χ2n) is 5.25. The van der Waals surface area contributed by atoms with Crippen LogP contribution in [0.1, 0.15) is 33.6 Å². The number of rotatable bonds is 1. The number of ether oxygens (including phenoxy) is 1. The first-order valence-corrected chi connectivity index (χ1v) is 6.28. The molecule has 2 heterocycles. The van der Waals surface area contributed by atoms with Crippen LogP contribution in [0.2, 0.25) is 0 Å². The molecule has 3 heteroatoms. The number of hydrogen-bond donors (Lipinski definition) is 1. The van der Waals surface area contributed by atoms with Crippen LogP contribution in [0.3, 0.4) is 0 Å². The summed E-state index contributed by atoms with van der Waals surface area (Å²) in [5.41, 5.74) is 0. The highest BCUT2D eigenvalue weighted by molar-refractivity contribution is 4.85. The van der Waals surface area contributed by atoms with E-state index in [1.807, 2.05) is 0 Å². The van der Waals surface area contributed by atoms with Crippen molar-refractivity contribution in [2.75, 3.05) is 19.6 Å². The van der Waals surface area contributed by atoms with Gasteiger partial charge in [-0.3, -0.25) is 4.90 Å². The monoisotopic (exact) mass is 212 g/mol. The Balaban J connectivity index is 1.87. The molecular weight excluding hydrogens is 188 g/mol. The Morgan fingerprint density at radius 1 is 1.07 bits per heavy atom. The van der Waals surface area contributed by atoms with Gasteiger partial charge in [0.25, 0.3) is 0 Å². The van der Waals surface area contributed by atoms with Gasteiger partial charge in [-0.1, -0.05) is 0 Å². The number of morpholine rings is 1. The number of nitrogens with one attached hydrogen (secondary N) is 1.